The Morgan fingerprint density at radius 1 is 1.19 bits per heavy atom. The monoisotopic (exact) mass is 284 g/mol. The third kappa shape index (κ3) is 5.02. The van der Waals surface area contributed by atoms with Crippen LogP contribution in [0, 0.1) is 5.92 Å². The van der Waals surface area contributed by atoms with Gasteiger partial charge in [0.05, 0.1) is 6.61 Å². The van der Waals surface area contributed by atoms with Crippen LogP contribution in [-0.2, 0) is 0 Å². The van der Waals surface area contributed by atoms with E-state index >= 15 is 0 Å². The Morgan fingerprint density at radius 2 is 1.88 bits per heavy atom. The maximum atomic E-state index is 5.82. The average molecular weight is 285 g/mol. The zero-order chi connectivity index (χ0) is 11.8. The van der Waals surface area contributed by atoms with E-state index < -0.39 is 0 Å². The first kappa shape index (κ1) is 13.6. The van der Waals surface area contributed by atoms with Gasteiger partial charge in [0.1, 0.15) is 5.75 Å². The standard InChI is InChI=1S/C14H21BrO/c1-3-6-12(7-4-2)11-16-14-9-5-8-13(15)10-14/h5,8-10,12H,3-4,6-7,11H2,1-2H3. The van der Waals surface area contributed by atoms with Crippen molar-refractivity contribution in [3.63, 3.8) is 0 Å². The van der Waals surface area contributed by atoms with E-state index in [0.717, 1.165) is 16.8 Å². The zero-order valence-corrected chi connectivity index (χ0v) is 11.8. The maximum Gasteiger partial charge on any atom is 0.120 e. The highest BCUT2D eigenvalue weighted by molar-refractivity contribution is 9.10. The first-order valence-corrected chi connectivity index (χ1v) is 6.94. The van der Waals surface area contributed by atoms with Crippen LogP contribution >= 0.6 is 15.9 Å². The highest BCUT2D eigenvalue weighted by Crippen LogP contribution is 2.20. The van der Waals surface area contributed by atoms with Gasteiger partial charge in [-0.05, 0) is 37.0 Å². The molecule has 0 aliphatic heterocycles. The SMILES string of the molecule is CCCC(CCC)COc1cccc(Br)c1. The fourth-order valence-corrected chi connectivity index (χ4v) is 2.28. The normalized spacial score (nSPS) is 10.8. The lowest BCUT2D eigenvalue weighted by atomic mass is 9.99. The van der Waals surface area contributed by atoms with Crippen LogP contribution in [0.1, 0.15) is 39.5 Å². The molecule has 0 atom stereocenters. The number of hydrogen-bond donors (Lipinski definition) is 0. The highest BCUT2D eigenvalue weighted by Gasteiger charge is 2.07. The van der Waals surface area contributed by atoms with E-state index in [1.807, 2.05) is 24.3 Å². The van der Waals surface area contributed by atoms with E-state index in [-0.39, 0.29) is 0 Å². The van der Waals surface area contributed by atoms with E-state index in [2.05, 4.69) is 29.8 Å². The molecular formula is C14H21BrO. The van der Waals surface area contributed by atoms with Crippen molar-refractivity contribution >= 4 is 15.9 Å². The molecule has 0 radical (unpaired) electrons. The summed E-state index contributed by atoms with van der Waals surface area (Å²) in [5.74, 6) is 1.67. The number of benzene rings is 1. The number of ether oxygens (including phenoxy) is 1. The van der Waals surface area contributed by atoms with Gasteiger partial charge in [0.25, 0.3) is 0 Å². The number of rotatable bonds is 7. The van der Waals surface area contributed by atoms with Gasteiger partial charge in [0.2, 0.25) is 0 Å². The summed E-state index contributed by atoms with van der Waals surface area (Å²) >= 11 is 3.45. The second-order valence-electron chi connectivity index (χ2n) is 4.21. The van der Waals surface area contributed by atoms with Crippen molar-refractivity contribution in [3.8, 4) is 5.75 Å². The number of hydrogen-bond acceptors (Lipinski definition) is 1. The molecule has 0 aliphatic carbocycles. The van der Waals surface area contributed by atoms with Crippen molar-refractivity contribution < 1.29 is 4.74 Å². The lowest BCUT2D eigenvalue weighted by molar-refractivity contribution is 0.229. The molecule has 0 bridgehead atoms. The Kier molecular flexibility index (Phi) is 6.55. The molecule has 0 fully saturated rings. The van der Waals surface area contributed by atoms with Crippen molar-refractivity contribution in [2.24, 2.45) is 5.92 Å². The van der Waals surface area contributed by atoms with Crippen molar-refractivity contribution in [2.75, 3.05) is 6.61 Å². The first-order chi connectivity index (χ1) is 7.76. The van der Waals surface area contributed by atoms with Crippen LogP contribution in [0.25, 0.3) is 0 Å². The van der Waals surface area contributed by atoms with E-state index in [1.165, 1.54) is 25.7 Å². The second-order valence-corrected chi connectivity index (χ2v) is 5.13. The summed E-state index contributed by atoms with van der Waals surface area (Å²) in [6, 6.07) is 8.06. The van der Waals surface area contributed by atoms with Crippen LogP contribution in [0.4, 0.5) is 0 Å². The van der Waals surface area contributed by atoms with Gasteiger partial charge in [0, 0.05) is 4.47 Å². The minimum Gasteiger partial charge on any atom is -0.493 e. The lowest BCUT2D eigenvalue weighted by Crippen LogP contribution is -2.11. The minimum absolute atomic E-state index is 0.703. The van der Waals surface area contributed by atoms with Crippen LogP contribution in [0.3, 0.4) is 0 Å². The van der Waals surface area contributed by atoms with E-state index in [1.54, 1.807) is 0 Å². The molecule has 0 unspecified atom stereocenters. The molecule has 90 valence electrons. The topological polar surface area (TPSA) is 9.23 Å². The molecular weight excluding hydrogens is 264 g/mol. The third-order valence-corrected chi connectivity index (χ3v) is 3.17. The van der Waals surface area contributed by atoms with Gasteiger partial charge in [-0.1, -0.05) is 48.7 Å². The summed E-state index contributed by atoms with van der Waals surface area (Å²) in [5.41, 5.74) is 0. The van der Waals surface area contributed by atoms with Gasteiger partial charge in [0.15, 0.2) is 0 Å². The van der Waals surface area contributed by atoms with Crippen LogP contribution in [0.2, 0.25) is 0 Å². The molecule has 0 N–H and O–H groups in total. The van der Waals surface area contributed by atoms with Gasteiger partial charge >= 0.3 is 0 Å². The van der Waals surface area contributed by atoms with Crippen LogP contribution in [0.15, 0.2) is 28.7 Å². The third-order valence-electron chi connectivity index (χ3n) is 2.68. The largest absolute Gasteiger partial charge is 0.493 e. The second kappa shape index (κ2) is 7.72. The smallest absolute Gasteiger partial charge is 0.120 e. The summed E-state index contributed by atoms with van der Waals surface area (Å²) in [7, 11) is 0. The Balaban J connectivity index is 2.41. The van der Waals surface area contributed by atoms with E-state index in [4.69, 9.17) is 4.74 Å². The predicted octanol–water partition coefficient (Wildman–Crippen LogP) is 5.04. The zero-order valence-electron chi connectivity index (χ0n) is 10.2. The first-order valence-electron chi connectivity index (χ1n) is 6.14. The Labute approximate surface area is 107 Å². The predicted molar refractivity (Wildman–Crippen MR) is 72.9 cm³/mol. The molecule has 0 saturated carbocycles. The fraction of sp³-hybridized carbons (Fsp3) is 0.571. The Hall–Kier alpha value is -0.500. The quantitative estimate of drug-likeness (QED) is 0.681. The molecule has 1 aromatic carbocycles. The molecule has 0 saturated heterocycles. The van der Waals surface area contributed by atoms with Crippen LogP contribution < -0.4 is 4.74 Å². The van der Waals surface area contributed by atoms with Gasteiger partial charge < -0.3 is 4.74 Å². The van der Waals surface area contributed by atoms with Crippen molar-refractivity contribution in [1.82, 2.24) is 0 Å². The molecule has 0 spiro atoms. The minimum atomic E-state index is 0.703. The molecule has 0 heterocycles. The summed E-state index contributed by atoms with van der Waals surface area (Å²) < 4.78 is 6.90. The molecule has 1 aromatic rings. The highest BCUT2D eigenvalue weighted by atomic mass is 79.9. The molecule has 1 rings (SSSR count). The van der Waals surface area contributed by atoms with E-state index in [0.29, 0.717) is 5.92 Å². The summed E-state index contributed by atoms with van der Waals surface area (Å²) in [6.45, 7) is 5.32. The van der Waals surface area contributed by atoms with Gasteiger partial charge in [-0.2, -0.15) is 0 Å². The molecule has 1 nitrogen and oxygen atoms in total. The molecule has 0 aromatic heterocycles. The Morgan fingerprint density at radius 3 is 2.44 bits per heavy atom. The van der Waals surface area contributed by atoms with Crippen molar-refractivity contribution in [2.45, 2.75) is 39.5 Å². The summed E-state index contributed by atoms with van der Waals surface area (Å²) in [6.07, 6.45) is 5.02. The molecule has 2 heteroatoms. The molecule has 16 heavy (non-hydrogen) atoms. The fourth-order valence-electron chi connectivity index (χ4n) is 1.90. The summed E-state index contributed by atoms with van der Waals surface area (Å²) in [5, 5.41) is 0. The summed E-state index contributed by atoms with van der Waals surface area (Å²) in [4.78, 5) is 0. The average Bonchev–Trinajstić information content (AvgIpc) is 2.27. The Bertz CT molecular complexity index is 293. The van der Waals surface area contributed by atoms with Gasteiger partial charge in [-0.25, -0.2) is 0 Å². The molecule has 0 aliphatic rings. The molecule has 0 amide bonds. The van der Waals surface area contributed by atoms with E-state index in [9.17, 15) is 0 Å². The number of halogens is 1. The van der Waals surface area contributed by atoms with Crippen molar-refractivity contribution in [3.05, 3.63) is 28.7 Å². The van der Waals surface area contributed by atoms with Gasteiger partial charge in [-0.15, -0.1) is 0 Å². The van der Waals surface area contributed by atoms with Crippen LogP contribution in [-0.4, -0.2) is 6.61 Å². The van der Waals surface area contributed by atoms with Gasteiger partial charge in [-0.3, -0.25) is 0 Å². The van der Waals surface area contributed by atoms with Crippen LogP contribution in [0.5, 0.6) is 5.75 Å². The lowest BCUT2D eigenvalue weighted by Gasteiger charge is -2.16. The van der Waals surface area contributed by atoms with Crippen molar-refractivity contribution in [1.29, 1.82) is 0 Å². The maximum absolute atomic E-state index is 5.82.